The molecule has 224 valence electrons. The molecular weight excluding hydrogens is 590 g/mol. The highest BCUT2D eigenvalue weighted by Gasteiger charge is 2.19. The molecule has 6 nitrogen and oxygen atoms in total. The lowest BCUT2D eigenvalue weighted by Gasteiger charge is -2.13. The number of aromatic nitrogens is 2. The van der Waals surface area contributed by atoms with E-state index in [1.165, 1.54) is 0 Å². The molecule has 0 radical (unpaired) electrons. The van der Waals surface area contributed by atoms with E-state index in [1.807, 2.05) is 60.7 Å². The first-order valence-corrected chi connectivity index (χ1v) is 15.4. The van der Waals surface area contributed by atoms with E-state index in [9.17, 15) is 5.26 Å². The molecule has 48 heavy (non-hydrogen) atoms. The Kier molecular flexibility index (Phi) is 7.15. The summed E-state index contributed by atoms with van der Waals surface area (Å²) in [5.41, 5.74) is 11.1. The van der Waals surface area contributed by atoms with Crippen molar-refractivity contribution in [3.8, 4) is 51.0 Å². The number of hydrogen-bond acceptors (Lipinski definition) is 5. The number of nitriles is 1. The zero-order valence-corrected chi connectivity index (χ0v) is 25.6. The van der Waals surface area contributed by atoms with Gasteiger partial charge in [0.1, 0.15) is 16.8 Å². The van der Waals surface area contributed by atoms with Gasteiger partial charge < -0.3 is 9.73 Å². The summed E-state index contributed by atoms with van der Waals surface area (Å²) in [6.45, 7) is 7.56. The van der Waals surface area contributed by atoms with E-state index < -0.39 is 0 Å². The summed E-state index contributed by atoms with van der Waals surface area (Å²) < 4.78 is 6.44. The second-order valence-electron chi connectivity index (χ2n) is 11.4. The molecule has 6 aromatic carbocycles. The minimum absolute atomic E-state index is 0.355. The number of nitrogens with one attached hydrogen (secondary N) is 1. The number of furan rings is 1. The van der Waals surface area contributed by atoms with Gasteiger partial charge in [0.2, 0.25) is 0 Å². The van der Waals surface area contributed by atoms with Gasteiger partial charge in [0.05, 0.1) is 12.6 Å². The van der Waals surface area contributed by atoms with Crippen molar-refractivity contribution < 1.29 is 4.42 Å². The molecule has 1 N–H and O–H groups in total. The highest BCUT2D eigenvalue weighted by atomic mass is 16.3. The molecule has 8 rings (SSSR count). The first kappa shape index (κ1) is 28.5. The van der Waals surface area contributed by atoms with Gasteiger partial charge in [-0.1, -0.05) is 91.0 Å². The molecule has 0 bridgehead atoms. The van der Waals surface area contributed by atoms with Gasteiger partial charge in [-0.2, -0.15) is 5.26 Å². The molecule has 0 spiro atoms. The van der Waals surface area contributed by atoms with Crippen LogP contribution in [0.25, 0.3) is 71.8 Å². The van der Waals surface area contributed by atoms with Crippen LogP contribution in [0.5, 0.6) is 0 Å². The van der Waals surface area contributed by atoms with Gasteiger partial charge in [0, 0.05) is 39.0 Å². The molecular formula is C42H25N5O. The average Bonchev–Trinajstić information content (AvgIpc) is 3.53. The number of hydrogen-bond donors (Lipinski definition) is 1. The molecule has 0 atom stereocenters. The van der Waals surface area contributed by atoms with Crippen LogP contribution in [0.2, 0.25) is 0 Å². The van der Waals surface area contributed by atoms with E-state index >= 15 is 0 Å². The maximum Gasteiger partial charge on any atom is 0.189 e. The van der Waals surface area contributed by atoms with Crippen molar-refractivity contribution in [2.75, 3.05) is 5.32 Å². The largest absolute Gasteiger partial charge is 0.452 e. The van der Waals surface area contributed by atoms with Crippen LogP contribution in [0.1, 0.15) is 5.56 Å². The first-order chi connectivity index (χ1) is 23.7. The summed E-state index contributed by atoms with van der Waals surface area (Å²) in [4.78, 5) is 13.5. The summed E-state index contributed by atoms with van der Waals surface area (Å²) in [6.07, 6.45) is 0. The Morgan fingerprint density at radius 3 is 2.19 bits per heavy atom. The fraction of sp³-hybridized carbons (Fsp3) is 0. The van der Waals surface area contributed by atoms with Crippen molar-refractivity contribution >= 4 is 39.1 Å². The maximum atomic E-state index is 9.64. The third kappa shape index (κ3) is 5.30. The van der Waals surface area contributed by atoms with E-state index in [2.05, 4.69) is 83.0 Å². The molecule has 0 saturated heterocycles. The normalized spacial score (nSPS) is 10.9. The van der Waals surface area contributed by atoms with E-state index in [0.29, 0.717) is 45.0 Å². The molecule has 8 aromatic rings. The molecule has 6 heteroatoms. The van der Waals surface area contributed by atoms with Gasteiger partial charge >= 0.3 is 0 Å². The highest BCUT2D eigenvalue weighted by molar-refractivity contribution is 6.08. The van der Waals surface area contributed by atoms with Crippen molar-refractivity contribution in [3.05, 3.63) is 163 Å². The fourth-order valence-electron chi connectivity index (χ4n) is 6.00. The monoisotopic (exact) mass is 615 g/mol. The second-order valence-corrected chi connectivity index (χ2v) is 11.4. The topological polar surface area (TPSA) is 79.1 Å². The molecule has 0 amide bonds. The minimum Gasteiger partial charge on any atom is -0.452 e. The lowest BCUT2D eigenvalue weighted by molar-refractivity contribution is 0.667. The molecule has 2 heterocycles. The third-order valence-corrected chi connectivity index (χ3v) is 8.28. The van der Waals surface area contributed by atoms with E-state index in [0.717, 1.165) is 44.6 Å². The summed E-state index contributed by atoms with van der Waals surface area (Å²) >= 11 is 0. The summed E-state index contributed by atoms with van der Waals surface area (Å²) in [5.74, 6) is 0.418. The zero-order valence-electron chi connectivity index (χ0n) is 25.6. The molecule has 2 aromatic heterocycles. The standard InChI is InChI=1S/C42H25N5O/c1-44-34-22-27(26-43)21-32(24-34)42-46-39(28-11-4-2-5-12-28)41-40(47-42)36-25-30(19-20-38(36)48-41)29-13-10-14-31(23-29)35-17-8-9-18-37(35)45-33-15-6-3-7-16-33/h2-25,45H. The second kappa shape index (κ2) is 12.1. The first-order valence-electron chi connectivity index (χ1n) is 15.4. The average molecular weight is 616 g/mol. The predicted molar refractivity (Wildman–Crippen MR) is 192 cm³/mol. The van der Waals surface area contributed by atoms with Crippen molar-refractivity contribution in [2.24, 2.45) is 0 Å². The molecule has 0 fully saturated rings. The van der Waals surface area contributed by atoms with Gasteiger partial charge in [-0.05, 0) is 71.3 Å². The van der Waals surface area contributed by atoms with Crippen molar-refractivity contribution in [2.45, 2.75) is 0 Å². The maximum absolute atomic E-state index is 9.64. The predicted octanol–water partition coefficient (Wildman–Crippen LogP) is 11.2. The van der Waals surface area contributed by atoms with Crippen molar-refractivity contribution in [1.82, 2.24) is 9.97 Å². The van der Waals surface area contributed by atoms with Gasteiger partial charge in [0.25, 0.3) is 0 Å². The van der Waals surface area contributed by atoms with E-state index in [1.54, 1.807) is 18.2 Å². The van der Waals surface area contributed by atoms with Gasteiger partial charge in [-0.3, -0.25) is 0 Å². The minimum atomic E-state index is 0.355. The molecule has 0 saturated carbocycles. The lowest BCUT2D eigenvalue weighted by atomic mass is 9.97. The summed E-state index contributed by atoms with van der Waals surface area (Å²) in [7, 11) is 0. The Morgan fingerprint density at radius 2 is 1.38 bits per heavy atom. The Labute approximate surface area is 277 Å². The molecule has 0 aliphatic rings. The Bertz CT molecular complexity index is 2530. The zero-order chi connectivity index (χ0) is 32.5. The van der Waals surface area contributed by atoms with Crippen LogP contribution in [0.3, 0.4) is 0 Å². The number of fused-ring (bicyclic) bond motifs is 3. The van der Waals surface area contributed by atoms with Gasteiger partial charge in [-0.25, -0.2) is 14.8 Å². The van der Waals surface area contributed by atoms with Crippen LogP contribution in [-0.2, 0) is 0 Å². The molecule has 0 aliphatic carbocycles. The van der Waals surface area contributed by atoms with E-state index in [4.69, 9.17) is 21.0 Å². The SMILES string of the molecule is [C-]#[N+]c1cc(C#N)cc(-c2nc(-c3ccccc3)c3oc4ccc(-c5cccc(-c6ccccc6Nc6ccccc6)c5)cc4c3n2)c1. The van der Waals surface area contributed by atoms with Crippen LogP contribution in [0, 0.1) is 17.9 Å². The highest BCUT2D eigenvalue weighted by Crippen LogP contribution is 2.39. The summed E-state index contributed by atoms with van der Waals surface area (Å²) in [5, 5.41) is 14.1. The number of benzene rings is 6. The van der Waals surface area contributed by atoms with Gasteiger partial charge in [-0.15, -0.1) is 0 Å². The van der Waals surface area contributed by atoms with Crippen LogP contribution in [0.4, 0.5) is 17.1 Å². The molecule has 0 aliphatic heterocycles. The van der Waals surface area contributed by atoms with Crippen molar-refractivity contribution in [1.29, 1.82) is 5.26 Å². The Hall–Kier alpha value is -7.02. The fourth-order valence-corrected chi connectivity index (χ4v) is 6.00. The quantitative estimate of drug-likeness (QED) is 0.188. The number of anilines is 2. The number of para-hydroxylation sites is 2. The smallest absolute Gasteiger partial charge is 0.189 e. The Balaban J connectivity index is 1.27. The summed E-state index contributed by atoms with van der Waals surface area (Å²) in [6, 6.07) is 50.1. The van der Waals surface area contributed by atoms with Crippen LogP contribution in [-0.4, -0.2) is 9.97 Å². The number of rotatable bonds is 6. The van der Waals surface area contributed by atoms with Crippen LogP contribution >= 0.6 is 0 Å². The van der Waals surface area contributed by atoms with Crippen LogP contribution < -0.4 is 5.32 Å². The van der Waals surface area contributed by atoms with Crippen LogP contribution in [0.15, 0.2) is 150 Å². The number of nitrogens with zero attached hydrogens (tertiary/aromatic N) is 4. The van der Waals surface area contributed by atoms with Crippen molar-refractivity contribution in [3.63, 3.8) is 0 Å². The Morgan fingerprint density at radius 1 is 0.646 bits per heavy atom. The third-order valence-electron chi connectivity index (χ3n) is 8.28. The van der Waals surface area contributed by atoms with E-state index in [-0.39, 0.29) is 0 Å². The van der Waals surface area contributed by atoms with Gasteiger partial charge in [0.15, 0.2) is 17.1 Å². The lowest BCUT2D eigenvalue weighted by Crippen LogP contribution is -1.94. The molecule has 0 unspecified atom stereocenters.